The second kappa shape index (κ2) is 10.8. The van der Waals surface area contributed by atoms with Crippen LogP contribution in [-0.4, -0.2) is 0 Å². The molecule has 4 aromatic rings. The molecule has 2 heteroatoms. The lowest BCUT2D eigenvalue weighted by molar-refractivity contribution is -0.726. The van der Waals surface area contributed by atoms with Crippen LogP contribution in [0.15, 0.2) is 110 Å². The fourth-order valence-corrected chi connectivity index (χ4v) is 3.41. The van der Waals surface area contributed by atoms with Gasteiger partial charge in [0.25, 0.3) is 0 Å². The lowest BCUT2D eigenvalue weighted by atomic mass is 10.1. The average molecular weight is 405 g/mol. The first kappa shape index (κ1) is 20.5. The van der Waals surface area contributed by atoms with Crippen molar-refractivity contribution in [2.24, 2.45) is 0 Å². The molecule has 4 rings (SSSR count). The van der Waals surface area contributed by atoms with Crippen LogP contribution in [0.2, 0.25) is 0 Å². The Hall–Kier alpha value is -3.78. The molecule has 0 aliphatic carbocycles. The van der Waals surface area contributed by atoms with Gasteiger partial charge in [-0.05, 0) is 22.3 Å². The number of hydrogen-bond donors (Lipinski definition) is 0. The van der Waals surface area contributed by atoms with Gasteiger partial charge in [0.05, 0.1) is 6.42 Å². The number of pyridine rings is 2. The molecule has 0 amide bonds. The number of aromatic nitrogens is 2. The number of hydrogen-bond acceptors (Lipinski definition) is 0. The topological polar surface area (TPSA) is 7.76 Å². The quantitative estimate of drug-likeness (QED) is 0.333. The van der Waals surface area contributed by atoms with Crippen LogP contribution in [0.3, 0.4) is 0 Å². The van der Waals surface area contributed by atoms with Gasteiger partial charge in [-0.15, -0.1) is 0 Å². The highest BCUT2D eigenvalue weighted by Gasteiger charge is 2.04. The molecule has 0 radical (unpaired) electrons. The Morgan fingerprint density at radius 1 is 0.419 bits per heavy atom. The van der Waals surface area contributed by atoms with Crippen LogP contribution in [0.25, 0.3) is 24.3 Å². The van der Waals surface area contributed by atoms with Gasteiger partial charge in [0.1, 0.15) is 0 Å². The SMILES string of the molecule is C(=Cc1cc[n+](CCC[n+]2ccc(C=Cc3ccccc3)cc2)cc1)c1ccccc1. The molecule has 0 saturated carbocycles. The Labute approximate surface area is 185 Å². The van der Waals surface area contributed by atoms with E-state index >= 15 is 0 Å². The third-order valence-electron chi connectivity index (χ3n) is 5.20. The maximum atomic E-state index is 2.25. The minimum absolute atomic E-state index is 1.01. The molecule has 0 spiro atoms. The summed E-state index contributed by atoms with van der Waals surface area (Å²) in [6.07, 6.45) is 18.3. The van der Waals surface area contributed by atoms with Gasteiger partial charge in [-0.25, -0.2) is 9.13 Å². The van der Waals surface area contributed by atoms with E-state index in [0.29, 0.717) is 0 Å². The Kier molecular flexibility index (Phi) is 7.17. The molecule has 2 heterocycles. The van der Waals surface area contributed by atoms with E-state index < -0.39 is 0 Å². The monoisotopic (exact) mass is 404 g/mol. The van der Waals surface area contributed by atoms with Crippen molar-refractivity contribution in [1.82, 2.24) is 0 Å². The van der Waals surface area contributed by atoms with Crippen molar-refractivity contribution in [1.29, 1.82) is 0 Å². The maximum Gasteiger partial charge on any atom is 0.169 e. The van der Waals surface area contributed by atoms with Gasteiger partial charge >= 0.3 is 0 Å². The van der Waals surface area contributed by atoms with E-state index in [1.165, 1.54) is 22.3 Å². The molecule has 152 valence electrons. The Balaban J connectivity index is 1.24. The first-order valence-corrected chi connectivity index (χ1v) is 10.8. The van der Waals surface area contributed by atoms with Crippen molar-refractivity contribution in [3.63, 3.8) is 0 Å². The number of benzene rings is 2. The summed E-state index contributed by atoms with van der Waals surface area (Å²) >= 11 is 0. The zero-order valence-electron chi connectivity index (χ0n) is 17.7. The molecular formula is C29H28N2+2. The summed E-state index contributed by atoms with van der Waals surface area (Å²) in [5, 5.41) is 0. The minimum Gasteiger partial charge on any atom is -0.205 e. The van der Waals surface area contributed by atoms with Gasteiger partial charge in [-0.2, -0.15) is 0 Å². The molecule has 0 aliphatic heterocycles. The molecule has 0 N–H and O–H groups in total. The summed E-state index contributed by atoms with van der Waals surface area (Å²) in [7, 11) is 0. The molecule has 0 unspecified atom stereocenters. The van der Waals surface area contributed by atoms with E-state index in [-0.39, 0.29) is 0 Å². The van der Waals surface area contributed by atoms with Crippen molar-refractivity contribution in [3.8, 4) is 0 Å². The molecule has 0 aliphatic rings. The Morgan fingerprint density at radius 3 is 1.10 bits per heavy atom. The molecule has 2 nitrogen and oxygen atoms in total. The summed E-state index contributed by atoms with van der Waals surface area (Å²) in [4.78, 5) is 0. The fraction of sp³-hybridized carbons (Fsp3) is 0.103. The molecule has 0 bridgehead atoms. The van der Waals surface area contributed by atoms with Crippen molar-refractivity contribution < 1.29 is 9.13 Å². The van der Waals surface area contributed by atoms with Crippen LogP contribution in [0, 0.1) is 0 Å². The molecular weight excluding hydrogens is 376 g/mol. The summed E-state index contributed by atoms with van der Waals surface area (Å²) < 4.78 is 4.49. The van der Waals surface area contributed by atoms with E-state index in [9.17, 15) is 0 Å². The van der Waals surface area contributed by atoms with Crippen LogP contribution in [-0.2, 0) is 13.1 Å². The number of nitrogens with zero attached hydrogens (tertiary/aromatic N) is 2. The fourth-order valence-electron chi connectivity index (χ4n) is 3.41. The number of aryl methyl sites for hydroxylation is 2. The molecule has 0 saturated heterocycles. The maximum absolute atomic E-state index is 2.25. The average Bonchev–Trinajstić information content (AvgIpc) is 2.84. The van der Waals surface area contributed by atoms with Crippen LogP contribution >= 0.6 is 0 Å². The summed E-state index contributed by atoms with van der Waals surface area (Å²) in [6.45, 7) is 2.01. The Morgan fingerprint density at radius 2 is 0.742 bits per heavy atom. The first-order valence-electron chi connectivity index (χ1n) is 10.8. The van der Waals surface area contributed by atoms with Crippen molar-refractivity contribution in [2.45, 2.75) is 19.5 Å². The van der Waals surface area contributed by atoms with Crippen molar-refractivity contribution in [2.75, 3.05) is 0 Å². The van der Waals surface area contributed by atoms with Crippen LogP contribution in [0.4, 0.5) is 0 Å². The zero-order chi connectivity index (χ0) is 21.1. The van der Waals surface area contributed by atoms with Gasteiger partial charge in [0.2, 0.25) is 0 Å². The van der Waals surface area contributed by atoms with Crippen LogP contribution in [0.1, 0.15) is 28.7 Å². The second-order valence-electron chi connectivity index (χ2n) is 7.58. The zero-order valence-corrected chi connectivity index (χ0v) is 17.7. The standard InChI is InChI=1S/C29H28N2/c1-3-8-26(9-4-1)12-14-28-16-22-30(23-17-28)20-7-21-31-24-18-29(19-25-31)15-13-27-10-5-2-6-11-27/h1-6,8-19,22-25H,7,20-21H2/q+2. The van der Waals surface area contributed by atoms with E-state index in [0.717, 1.165) is 19.5 Å². The Bertz CT molecular complexity index is 1020. The molecule has 31 heavy (non-hydrogen) atoms. The van der Waals surface area contributed by atoms with E-state index in [4.69, 9.17) is 0 Å². The molecule has 0 atom stereocenters. The highest BCUT2D eigenvalue weighted by molar-refractivity contribution is 5.69. The third-order valence-corrected chi connectivity index (χ3v) is 5.20. The predicted octanol–water partition coefficient (Wildman–Crippen LogP) is 5.69. The summed E-state index contributed by atoms with van der Waals surface area (Å²) in [6, 6.07) is 29.5. The number of rotatable bonds is 8. The molecule has 2 aromatic heterocycles. The largest absolute Gasteiger partial charge is 0.205 e. The van der Waals surface area contributed by atoms with Gasteiger partial charge in [0, 0.05) is 24.3 Å². The van der Waals surface area contributed by atoms with E-state index in [1.807, 2.05) is 12.1 Å². The van der Waals surface area contributed by atoms with Gasteiger partial charge in [-0.3, -0.25) is 0 Å². The van der Waals surface area contributed by atoms with E-state index in [1.54, 1.807) is 0 Å². The summed E-state index contributed by atoms with van der Waals surface area (Å²) in [5.41, 5.74) is 4.87. The van der Waals surface area contributed by atoms with Gasteiger partial charge in [-0.1, -0.05) is 85.0 Å². The van der Waals surface area contributed by atoms with Crippen LogP contribution in [0.5, 0.6) is 0 Å². The van der Waals surface area contributed by atoms with Crippen molar-refractivity contribution >= 4 is 24.3 Å². The lowest BCUT2D eigenvalue weighted by Crippen LogP contribution is -2.38. The highest BCUT2D eigenvalue weighted by atomic mass is 15.0. The van der Waals surface area contributed by atoms with Gasteiger partial charge < -0.3 is 0 Å². The second-order valence-corrected chi connectivity index (χ2v) is 7.58. The molecule has 2 aromatic carbocycles. The van der Waals surface area contributed by atoms with Gasteiger partial charge in [0.15, 0.2) is 37.9 Å². The smallest absolute Gasteiger partial charge is 0.169 e. The molecule has 0 fully saturated rings. The van der Waals surface area contributed by atoms with E-state index in [2.05, 4.69) is 131 Å². The lowest BCUT2D eigenvalue weighted by Gasteiger charge is -1.99. The van der Waals surface area contributed by atoms with Crippen LogP contribution < -0.4 is 9.13 Å². The third kappa shape index (κ3) is 6.61. The van der Waals surface area contributed by atoms with Crippen molar-refractivity contribution in [3.05, 3.63) is 132 Å². The minimum atomic E-state index is 1.01. The highest BCUT2D eigenvalue weighted by Crippen LogP contribution is 2.07. The predicted molar refractivity (Wildman–Crippen MR) is 129 cm³/mol. The first-order chi connectivity index (χ1) is 15.3. The summed E-state index contributed by atoms with van der Waals surface area (Å²) in [5.74, 6) is 0. The normalized spacial score (nSPS) is 11.4.